The Hall–Kier alpha value is -1.05. The molecule has 12 heavy (non-hydrogen) atoms. The van der Waals surface area contributed by atoms with Crippen LogP contribution in [0.2, 0.25) is 0 Å². The largest absolute Gasteiger partial charge is 0.461 e. The average Bonchev–Trinajstić information content (AvgIpc) is 2.00. The molecule has 0 aromatic carbocycles. The Morgan fingerprint density at radius 1 is 1.50 bits per heavy atom. The number of hydrogen-bond donors (Lipinski definition) is 0. The van der Waals surface area contributed by atoms with E-state index < -0.39 is 0 Å². The lowest BCUT2D eigenvalue weighted by Crippen LogP contribution is -2.31. The van der Waals surface area contributed by atoms with Gasteiger partial charge in [0.25, 0.3) is 0 Å². The minimum absolute atomic E-state index is 0.0718. The molecule has 0 radical (unpaired) electrons. The van der Waals surface area contributed by atoms with E-state index in [-0.39, 0.29) is 12.1 Å². The zero-order valence-electron chi connectivity index (χ0n) is 7.32. The van der Waals surface area contributed by atoms with Gasteiger partial charge in [0.15, 0.2) is 0 Å². The van der Waals surface area contributed by atoms with Gasteiger partial charge in [0.1, 0.15) is 6.10 Å². The van der Waals surface area contributed by atoms with Crippen LogP contribution in [0.5, 0.6) is 0 Å². The molecule has 2 heteroatoms. The summed E-state index contributed by atoms with van der Waals surface area (Å²) in [5, 5.41) is 0. The SMILES string of the molecule is CCC=CC=CCC1CC(=O)O1. The molecule has 1 saturated heterocycles. The molecule has 0 aromatic heterocycles. The van der Waals surface area contributed by atoms with Crippen LogP contribution in [-0.2, 0) is 9.53 Å². The van der Waals surface area contributed by atoms with Crippen LogP contribution in [0.15, 0.2) is 24.3 Å². The highest BCUT2D eigenvalue weighted by molar-refractivity contribution is 5.75. The molecule has 0 amide bonds. The van der Waals surface area contributed by atoms with Gasteiger partial charge in [-0.3, -0.25) is 4.79 Å². The first-order valence-electron chi connectivity index (χ1n) is 4.34. The molecular weight excluding hydrogens is 152 g/mol. The second-order valence-corrected chi connectivity index (χ2v) is 2.82. The molecular formula is C10H14O2. The minimum atomic E-state index is -0.0718. The van der Waals surface area contributed by atoms with Gasteiger partial charge in [-0.2, -0.15) is 0 Å². The first-order valence-corrected chi connectivity index (χ1v) is 4.34. The lowest BCUT2D eigenvalue weighted by Gasteiger charge is -2.23. The number of cyclic esters (lactones) is 1. The van der Waals surface area contributed by atoms with Gasteiger partial charge in [-0.25, -0.2) is 0 Å². The summed E-state index contributed by atoms with van der Waals surface area (Å²) in [6.07, 6.45) is 10.8. The second-order valence-electron chi connectivity index (χ2n) is 2.82. The highest BCUT2D eigenvalue weighted by Gasteiger charge is 2.26. The normalized spacial score (nSPS) is 23.1. The minimum Gasteiger partial charge on any atom is -0.461 e. The molecule has 1 rings (SSSR count). The lowest BCUT2D eigenvalue weighted by molar-refractivity contribution is -0.168. The van der Waals surface area contributed by atoms with Crippen LogP contribution in [0, 0.1) is 0 Å². The highest BCUT2D eigenvalue weighted by atomic mass is 16.6. The third-order valence-corrected chi connectivity index (χ3v) is 1.71. The molecule has 1 aliphatic heterocycles. The van der Waals surface area contributed by atoms with Crippen LogP contribution in [-0.4, -0.2) is 12.1 Å². The molecule has 0 aromatic rings. The Bertz CT molecular complexity index is 196. The molecule has 0 N–H and O–H groups in total. The van der Waals surface area contributed by atoms with E-state index in [4.69, 9.17) is 4.74 Å². The van der Waals surface area contributed by atoms with Crippen LogP contribution in [0.1, 0.15) is 26.2 Å². The fourth-order valence-corrected chi connectivity index (χ4v) is 1.02. The van der Waals surface area contributed by atoms with E-state index in [1.54, 1.807) is 0 Å². The van der Waals surface area contributed by atoms with Gasteiger partial charge in [-0.1, -0.05) is 31.2 Å². The van der Waals surface area contributed by atoms with Crippen molar-refractivity contribution >= 4 is 5.97 Å². The molecule has 1 atom stereocenters. The maximum Gasteiger partial charge on any atom is 0.309 e. The maximum atomic E-state index is 10.4. The molecule has 1 fully saturated rings. The first kappa shape index (κ1) is 9.04. The number of carbonyl (C=O) groups excluding carboxylic acids is 1. The Morgan fingerprint density at radius 2 is 2.17 bits per heavy atom. The zero-order chi connectivity index (χ0) is 8.81. The summed E-state index contributed by atoms with van der Waals surface area (Å²) in [6, 6.07) is 0. The van der Waals surface area contributed by atoms with Gasteiger partial charge in [0, 0.05) is 6.42 Å². The van der Waals surface area contributed by atoms with Crippen molar-refractivity contribution in [1.29, 1.82) is 0 Å². The Morgan fingerprint density at radius 3 is 2.75 bits per heavy atom. The van der Waals surface area contributed by atoms with Gasteiger partial charge in [-0.05, 0) is 6.42 Å². The van der Waals surface area contributed by atoms with Crippen molar-refractivity contribution in [3.63, 3.8) is 0 Å². The molecule has 0 saturated carbocycles. The van der Waals surface area contributed by atoms with Crippen LogP contribution in [0.3, 0.4) is 0 Å². The maximum absolute atomic E-state index is 10.4. The number of carbonyl (C=O) groups is 1. The third-order valence-electron chi connectivity index (χ3n) is 1.71. The van der Waals surface area contributed by atoms with Crippen molar-refractivity contribution in [3.05, 3.63) is 24.3 Å². The van der Waals surface area contributed by atoms with Gasteiger partial charge in [0.05, 0.1) is 6.42 Å². The summed E-state index contributed by atoms with van der Waals surface area (Å²) in [5.74, 6) is -0.0718. The Balaban J connectivity index is 2.05. The molecule has 66 valence electrons. The van der Waals surface area contributed by atoms with Crippen LogP contribution < -0.4 is 0 Å². The molecule has 2 nitrogen and oxygen atoms in total. The second kappa shape index (κ2) is 4.75. The van der Waals surface area contributed by atoms with Gasteiger partial charge < -0.3 is 4.74 Å². The van der Waals surface area contributed by atoms with Crippen molar-refractivity contribution < 1.29 is 9.53 Å². The van der Waals surface area contributed by atoms with Crippen molar-refractivity contribution in [3.8, 4) is 0 Å². The van der Waals surface area contributed by atoms with E-state index >= 15 is 0 Å². The molecule has 0 spiro atoms. The lowest BCUT2D eigenvalue weighted by atomic mass is 10.1. The summed E-state index contributed by atoms with van der Waals surface area (Å²) in [7, 11) is 0. The number of rotatable bonds is 4. The Kier molecular flexibility index (Phi) is 3.58. The van der Waals surface area contributed by atoms with Crippen LogP contribution in [0.25, 0.3) is 0 Å². The van der Waals surface area contributed by atoms with E-state index in [0.29, 0.717) is 6.42 Å². The average molecular weight is 166 g/mol. The summed E-state index contributed by atoms with van der Waals surface area (Å²) < 4.78 is 4.83. The summed E-state index contributed by atoms with van der Waals surface area (Å²) in [5.41, 5.74) is 0. The highest BCUT2D eigenvalue weighted by Crippen LogP contribution is 2.16. The molecule has 1 unspecified atom stereocenters. The summed E-state index contributed by atoms with van der Waals surface area (Å²) in [4.78, 5) is 10.4. The first-order chi connectivity index (χ1) is 5.83. The van der Waals surface area contributed by atoms with Gasteiger partial charge in [0.2, 0.25) is 0 Å². The number of allylic oxidation sites excluding steroid dienone is 3. The molecule has 1 aliphatic rings. The summed E-state index contributed by atoms with van der Waals surface area (Å²) in [6.45, 7) is 2.10. The third kappa shape index (κ3) is 2.91. The summed E-state index contributed by atoms with van der Waals surface area (Å²) >= 11 is 0. The van der Waals surface area contributed by atoms with Crippen molar-refractivity contribution in [2.45, 2.75) is 32.3 Å². The quantitative estimate of drug-likeness (QED) is 0.473. The fourth-order valence-electron chi connectivity index (χ4n) is 1.02. The van der Waals surface area contributed by atoms with E-state index in [1.165, 1.54) is 0 Å². The van der Waals surface area contributed by atoms with E-state index in [9.17, 15) is 4.79 Å². The van der Waals surface area contributed by atoms with Gasteiger partial charge >= 0.3 is 5.97 Å². The van der Waals surface area contributed by atoms with Crippen molar-refractivity contribution in [2.24, 2.45) is 0 Å². The number of ether oxygens (including phenoxy) is 1. The smallest absolute Gasteiger partial charge is 0.309 e. The predicted octanol–water partition coefficient (Wildman–Crippen LogP) is 2.21. The zero-order valence-corrected chi connectivity index (χ0v) is 7.32. The van der Waals surface area contributed by atoms with Crippen molar-refractivity contribution in [1.82, 2.24) is 0 Å². The van der Waals surface area contributed by atoms with E-state index in [1.807, 2.05) is 18.2 Å². The Labute approximate surface area is 72.9 Å². The van der Waals surface area contributed by atoms with Crippen molar-refractivity contribution in [2.75, 3.05) is 0 Å². The van der Waals surface area contributed by atoms with Crippen LogP contribution in [0.4, 0.5) is 0 Å². The predicted molar refractivity (Wildman–Crippen MR) is 47.7 cm³/mol. The standard InChI is InChI=1S/C10H14O2/c1-2-3-4-5-6-7-9-8-10(11)12-9/h3-6,9H,2,7-8H2,1H3. The monoisotopic (exact) mass is 166 g/mol. The number of esters is 1. The van der Waals surface area contributed by atoms with Gasteiger partial charge in [-0.15, -0.1) is 0 Å². The number of hydrogen-bond acceptors (Lipinski definition) is 2. The molecule has 0 bridgehead atoms. The molecule has 0 aliphatic carbocycles. The fraction of sp³-hybridized carbons (Fsp3) is 0.500. The van der Waals surface area contributed by atoms with Crippen LogP contribution >= 0.6 is 0 Å². The van der Waals surface area contributed by atoms with E-state index in [2.05, 4.69) is 13.0 Å². The van der Waals surface area contributed by atoms with E-state index in [0.717, 1.165) is 12.8 Å². The topological polar surface area (TPSA) is 26.3 Å². The molecule has 1 heterocycles.